The number of nitrogens with one attached hydrogen (secondary N) is 1. The van der Waals surface area contributed by atoms with Crippen LogP contribution in [0.2, 0.25) is 0 Å². The SMILES string of the molecule is C=C(C)CN(C)CCC1CSCCN1. The topological polar surface area (TPSA) is 15.3 Å². The summed E-state index contributed by atoms with van der Waals surface area (Å²) in [5.41, 5.74) is 1.25. The zero-order chi connectivity index (χ0) is 10.4. The van der Waals surface area contributed by atoms with Crippen molar-refractivity contribution in [3.05, 3.63) is 12.2 Å². The molecule has 0 saturated carbocycles. The van der Waals surface area contributed by atoms with Gasteiger partial charge in [-0.3, -0.25) is 0 Å². The lowest BCUT2D eigenvalue weighted by Crippen LogP contribution is -2.39. The van der Waals surface area contributed by atoms with Crippen molar-refractivity contribution in [2.24, 2.45) is 0 Å². The van der Waals surface area contributed by atoms with Crippen molar-refractivity contribution >= 4 is 11.8 Å². The highest BCUT2D eigenvalue weighted by molar-refractivity contribution is 7.99. The van der Waals surface area contributed by atoms with Crippen LogP contribution in [-0.4, -0.2) is 49.1 Å². The second-order valence-electron chi connectivity index (χ2n) is 4.21. The average Bonchev–Trinajstić information content (AvgIpc) is 2.15. The summed E-state index contributed by atoms with van der Waals surface area (Å²) in [4.78, 5) is 2.35. The van der Waals surface area contributed by atoms with Gasteiger partial charge in [-0.1, -0.05) is 12.2 Å². The van der Waals surface area contributed by atoms with E-state index in [0.717, 1.165) is 12.6 Å². The molecule has 1 aliphatic heterocycles. The molecule has 2 nitrogen and oxygen atoms in total. The van der Waals surface area contributed by atoms with E-state index in [-0.39, 0.29) is 0 Å². The maximum Gasteiger partial charge on any atom is 0.0184 e. The largest absolute Gasteiger partial charge is 0.312 e. The van der Waals surface area contributed by atoms with Crippen LogP contribution in [0.4, 0.5) is 0 Å². The van der Waals surface area contributed by atoms with Crippen molar-refractivity contribution in [3.63, 3.8) is 0 Å². The first kappa shape index (κ1) is 12.1. The lowest BCUT2D eigenvalue weighted by atomic mass is 10.2. The van der Waals surface area contributed by atoms with Crippen LogP contribution in [0.3, 0.4) is 0 Å². The van der Waals surface area contributed by atoms with Crippen LogP contribution in [0.15, 0.2) is 12.2 Å². The van der Waals surface area contributed by atoms with Gasteiger partial charge in [0.1, 0.15) is 0 Å². The summed E-state index contributed by atoms with van der Waals surface area (Å²) in [6, 6.07) is 0.723. The summed E-state index contributed by atoms with van der Waals surface area (Å²) in [6.07, 6.45) is 1.26. The first-order valence-corrected chi connectivity index (χ1v) is 6.48. The van der Waals surface area contributed by atoms with Gasteiger partial charge in [-0.05, 0) is 26.9 Å². The molecule has 1 unspecified atom stereocenters. The molecule has 0 bridgehead atoms. The molecule has 1 saturated heterocycles. The monoisotopic (exact) mass is 214 g/mol. The summed E-state index contributed by atoms with van der Waals surface area (Å²) in [6.45, 7) is 9.40. The molecule has 0 spiro atoms. The molecular formula is C11H22N2S. The van der Waals surface area contributed by atoms with Gasteiger partial charge in [0, 0.05) is 30.6 Å². The molecule has 3 heteroatoms. The van der Waals surface area contributed by atoms with Crippen molar-refractivity contribution in [1.29, 1.82) is 0 Å². The summed E-state index contributed by atoms with van der Waals surface area (Å²) >= 11 is 2.07. The van der Waals surface area contributed by atoms with Gasteiger partial charge >= 0.3 is 0 Å². The van der Waals surface area contributed by atoms with E-state index >= 15 is 0 Å². The van der Waals surface area contributed by atoms with Gasteiger partial charge in [-0.2, -0.15) is 11.8 Å². The highest BCUT2D eigenvalue weighted by Gasteiger charge is 2.12. The molecule has 1 heterocycles. The Kier molecular flexibility index (Phi) is 5.60. The minimum Gasteiger partial charge on any atom is -0.312 e. The van der Waals surface area contributed by atoms with Crippen molar-refractivity contribution in [2.45, 2.75) is 19.4 Å². The third kappa shape index (κ3) is 5.03. The van der Waals surface area contributed by atoms with Crippen LogP contribution < -0.4 is 5.32 Å². The van der Waals surface area contributed by atoms with E-state index in [1.807, 2.05) is 0 Å². The fourth-order valence-electron chi connectivity index (χ4n) is 1.72. The molecule has 0 aromatic rings. The standard InChI is InChI=1S/C11H22N2S/c1-10(2)8-13(3)6-4-11-9-14-7-5-12-11/h11-12H,1,4-9H2,2-3H3. The normalized spacial score (nSPS) is 22.6. The van der Waals surface area contributed by atoms with Gasteiger partial charge in [-0.15, -0.1) is 0 Å². The molecule has 1 rings (SSSR count). The Morgan fingerprint density at radius 1 is 1.64 bits per heavy atom. The van der Waals surface area contributed by atoms with Gasteiger partial charge in [-0.25, -0.2) is 0 Å². The van der Waals surface area contributed by atoms with Crippen LogP contribution in [0.25, 0.3) is 0 Å². The number of nitrogens with zero attached hydrogens (tertiary/aromatic N) is 1. The molecule has 0 aliphatic carbocycles. The van der Waals surface area contributed by atoms with Gasteiger partial charge in [0.2, 0.25) is 0 Å². The second kappa shape index (κ2) is 6.49. The molecule has 0 amide bonds. The third-order valence-corrected chi connectivity index (χ3v) is 3.53. The van der Waals surface area contributed by atoms with E-state index < -0.39 is 0 Å². The molecule has 82 valence electrons. The van der Waals surface area contributed by atoms with E-state index in [1.54, 1.807) is 0 Å². The quantitative estimate of drug-likeness (QED) is 0.700. The summed E-state index contributed by atoms with van der Waals surface area (Å²) in [7, 11) is 2.17. The number of thioether (sulfide) groups is 1. The van der Waals surface area contributed by atoms with Gasteiger partial charge < -0.3 is 10.2 Å². The Morgan fingerprint density at radius 2 is 2.43 bits per heavy atom. The molecule has 1 N–H and O–H groups in total. The molecule has 1 aliphatic rings. The van der Waals surface area contributed by atoms with Gasteiger partial charge in [0.05, 0.1) is 0 Å². The van der Waals surface area contributed by atoms with Crippen molar-refractivity contribution in [3.8, 4) is 0 Å². The van der Waals surface area contributed by atoms with Crippen molar-refractivity contribution in [2.75, 3.05) is 38.2 Å². The lowest BCUT2D eigenvalue weighted by molar-refractivity contribution is 0.334. The molecule has 1 atom stereocenters. The van der Waals surface area contributed by atoms with Crippen LogP contribution in [0.1, 0.15) is 13.3 Å². The smallest absolute Gasteiger partial charge is 0.0184 e. The minimum absolute atomic E-state index is 0.723. The van der Waals surface area contributed by atoms with Crippen LogP contribution >= 0.6 is 11.8 Å². The number of hydrogen-bond donors (Lipinski definition) is 1. The molecule has 0 aromatic heterocycles. The molecule has 0 radical (unpaired) electrons. The van der Waals surface area contributed by atoms with Gasteiger partial charge in [0.25, 0.3) is 0 Å². The molecule has 14 heavy (non-hydrogen) atoms. The van der Waals surface area contributed by atoms with Crippen LogP contribution in [-0.2, 0) is 0 Å². The predicted octanol–water partition coefficient (Wildman–Crippen LogP) is 1.59. The zero-order valence-electron chi connectivity index (χ0n) is 9.38. The number of rotatable bonds is 5. The summed E-state index contributed by atoms with van der Waals surface area (Å²) < 4.78 is 0. The first-order valence-electron chi connectivity index (χ1n) is 5.32. The Hall–Kier alpha value is 0.01000. The Balaban J connectivity index is 2.09. The Labute approximate surface area is 92.1 Å². The first-order chi connectivity index (χ1) is 6.68. The molecule has 0 aromatic carbocycles. The highest BCUT2D eigenvalue weighted by atomic mass is 32.2. The zero-order valence-corrected chi connectivity index (χ0v) is 10.2. The van der Waals surface area contributed by atoms with E-state index in [1.165, 1.54) is 36.6 Å². The maximum atomic E-state index is 3.93. The number of likely N-dealkylation sites (N-methyl/N-ethyl adjacent to an activating group) is 1. The number of hydrogen-bond acceptors (Lipinski definition) is 3. The van der Waals surface area contributed by atoms with E-state index in [2.05, 4.69) is 42.5 Å². The van der Waals surface area contributed by atoms with Crippen molar-refractivity contribution < 1.29 is 0 Å². The third-order valence-electron chi connectivity index (χ3n) is 2.40. The molecule has 1 fully saturated rings. The second-order valence-corrected chi connectivity index (χ2v) is 5.36. The van der Waals surface area contributed by atoms with Crippen LogP contribution in [0, 0.1) is 0 Å². The van der Waals surface area contributed by atoms with Crippen LogP contribution in [0.5, 0.6) is 0 Å². The van der Waals surface area contributed by atoms with Crippen molar-refractivity contribution in [1.82, 2.24) is 10.2 Å². The highest BCUT2D eigenvalue weighted by Crippen LogP contribution is 2.10. The fraction of sp³-hybridized carbons (Fsp3) is 0.818. The maximum absolute atomic E-state index is 3.93. The van der Waals surface area contributed by atoms with E-state index in [0.29, 0.717) is 0 Å². The lowest BCUT2D eigenvalue weighted by Gasteiger charge is -2.25. The average molecular weight is 214 g/mol. The van der Waals surface area contributed by atoms with Gasteiger partial charge in [0.15, 0.2) is 0 Å². The predicted molar refractivity (Wildman–Crippen MR) is 66.0 cm³/mol. The minimum atomic E-state index is 0.723. The summed E-state index contributed by atoms with van der Waals surface area (Å²) in [5.74, 6) is 2.55. The summed E-state index contributed by atoms with van der Waals surface area (Å²) in [5, 5.41) is 3.56. The van der Waals surface area contributed by atoms with E-state index in [4.69, 9.17) is 0 Å². The Bertz CT molecular complexity index is 176. The molecular weight excluding hydrogens is 192 g/mol. The fourth-order valence-corrected chi connectivity index (χ4v) is 2.72. The Morgan fingerprint density at radius 3 is 3.00 bits per heavy atom. The van der Waals surface area contributed by atoms with E-state index in [9.17, 15) is 0 Å².